The van der Waals surface area contributed by atoms with Crippen molar-refractivity contribution in [3.63, 3.8) is 0 Å². The van der Waals surface area contributed by atoms with Crippen molar-refractivity contribution in [2.24, 2.45) is 10.9 Å². The predicted octanol–water partition coefficient (Wildman–Crippen LogP) is 2.17. The van der Waals surface area contributed by atoms with Gasteiger partial charge in [-0.1, -0.05) is 20.3 Å². The second kappa shape index (κ2) is 7.87. The second-order valence-corrected chi connectivity index (χ2v) is 6.38. The summed E-state index contributed by atoms with van der Waals surface area (Å²) in [6, 6.07) is 0.689. The molecule has 2 aliphatic heterocycles. The zero-order valence-corrected chi connectivity index (χ0v) is 13.6. The van der Waals surface area contributed by atoms with Crippen LogP contribution in [-0.4, -0.2) is 61.6 Å². The molecule has 2 saturated heterocycles. The summed E-state index contributed by atoms with van der Waals surface area (Å²) in [4.78, 5) is 9.53. The van der Waals surface area contributed by atoms with Crippen LogP contribution in [0.4, 0.5) is 0 Å². The molecule has 2 fully saturated rings. The van der Waals surface area contributed by atoms with Crippen molar-refractivity contribution in [2.75, 3.05) is 39.8 Å². The van der Waals surface area contributed by atoms with Gasteiger partial charge in [0.15, 0.2) is 5.96 Å². The fraction of sp³-hybridized carbons (Fsp3) is 0.938. The highest BCUT2D eigenvalue weighted by Crippen LogP contribution is 2.17. The average molecular weight is 280 g/mol. The maximum absolute atomic E-state index is 4.48. The van der Waals surface area contributed by atoms with Crippen LogP contribution < -0.4 is 5.32 Å². The van der Waals surface area contributed by atoms with Crippen molar-refractivity contribution in [3.8, 4) is 0 Å². The zero-order valence-electron chi connectivity index (χ0n) is 13.6. The van der Waals surface area contributed by atoms with Crippen molar-refractivity contribution in [3.05, 3.63) is 0 Å². The summed E-state index contributed by atoms with van der Waals surface area (Å²) in [6.45, 7) is 10.4. The molecule has 20 heavy (non-hydrogen) atoms. The third-order valence-corrected chi connectivity index (χ3v) is 4.95. The van der Waals surface area contributed by atoms with Crippen LogP contribution in [0.25, 0.3) is 0 Å². The first-order valence-electron chi connectivity index (χ1n) is 8.44. The van der Waals surface area contributed by atoms with Crippen LogP contribution in [0, 0.1) is 5.92 Å². The van der Waals surface area contributed by atoms with Crippen LogP contribution in [-0.2, 0) is 0 Å². The van der Waals surface area contributed by atoms with Gasteiger partial charge in [-0.25, -0.2) is 0 Å². The molecule has 2 rings (SSSR count). The maximum atomic E-state index is 4.48. The Morgan fingerprint density at radius 1 is 1.15 bits per heavy atom. The lowest BCUT2D eigenvalue weighted by Crippen LogP contribution is -2.51. The Kier molecular flexibility index (Phi) is 6.14. The monoisotopic (exact) mass is 280 g/mol. The molecule has 0 aromatic heterocycles. The van der Waals surface area contributed by atoms with Crippen LogP contribution in [0.2, 0.25) is 0 Å². The average Bonchev–Trinajstić information content (AvgIpc) is 2.50. The molecule has 0 aromatic carbocycles. The minimum absolute atomic E-state index is 0.689. The van der Waals surface area contributed by atoms with E-state index in [1.165, 1.54) is 45.2 Å². The first kappa shape index (κ1) is 15.6. The predicted molar refractivity (Wildman–Crippen MR) is 86.2 cm³/mol. The van der Waals surface area contributed by atoms with Gasteiger partial charge in [-0.05, 0) is 44.7 Å². The Morgan fingerprint density at radius 3 is 2.55 bits per heavy atom. The molecule has 1 N–H and O–H groups in total. The van der Waals surface area contributed by atoms with Crippen molar-refractivity contribution < 1.29 is 0 Å². The van der Waals surface area contributed by atoms with Gasteiger partial charge in [0.2, 0.25) is 0 Å². The standard InChI is InChI=1S/C16H32N4/c1-4-19-10-6-5-7-15(19)13-18-16(17-3)20-11-8-14(2)9-12-20/h14-15H,4-13H2,1-3H3,(H,17,18). The minimum Gasteiger partial charge on any atom is -0.355 e. The summed E-state index contributed by atoms with van der Waals surface area (Å²) in [5.41, 5.74) is 0. The third kappa shape index (κ3) is 4.11. The summed E-state index contributed by atoms with van der Waals surface area (Å²) < 4.78 is 0. The molecule has 2 aliphatic rings. The zero-order chi connectivity index (χ0) is 14.4. The van der Waals surface area contributed by atoms with Crippen molar-refractivity contribution in [1.82, 2.24) is 15.1 Å². The van der Waals surface area contributed by atoms with E-state index in [2.05, 4.69) is 34.0 Å². The fourth-order valence-electron chi connectivity index (χ4n) is 3.47. The molecule has 0 saturated carbocycles. The Hall–Kier alpha value is -0.770. The quantitative estimate of drug-likeness (QED) is 0.635. The first-order valence-corrected chi connectivity index (χ1v) is 8.44. The van der Waals surface area contributed by atoms with E-state index in [0.29, 0.717) is 6.04 Å². The number of likely N-dealkylation sites (N-methyl/N-ethyl adjacent to an activating group) is 1. The van der Waals surface area contributed by atoms with Crippen molar-refractivity contribution in [1.29, 1.82) is 0 Å². The molecular formula is C16H32N4. The van der Waals surface area contributed by atoms with Gasteiger partial charge < -0.3 is 10.2 Å². The van der Waals surface area contributed by atoms with Crippen LogP contribution in [0.15, 0.2) is 4.99 Å². The van der Waals surface area contributed by atoms with Gasteiger partial charge in [0, 0.05) is 32.7 Å². The molecule has 4 heteroatoms. The molecule has 0 radical (unpaired) electrons. The van der Waals surface area contributed by atoms with Gasteiger partial charge in [0.1, 0.15) is 0 Å². The Labute approximate surface area is 124 Å². The number of likely N-dealkylation sites (tertiary alicyclic amines) is 2. The maximum Gasteiger partial charge on any atom is 0.193 e. The van der Waals surface area contributed by atoms with E-state index in [1.54, 1.807) is 0 Å². The normalized spacial score (nSPS) is 26.9. The third-order valence-electron chi connectivity index (χ3n) is 4.95. The number of aliphatic imine (C=N–C) groups is 1. The number of hydrogen-bond acceptors (Lipinski definition) is 2. The van der Waals surface area contributed by atoms with Gasteiger partial charge in [-0.2, -0.15) is 0 Å². The van der Waals surface area contributed by atoms with Gasteiger partial charge in [-0.15, -0.1) is 0 Å². The molecule has 0 aromatic rings. The molecule has 2 heterocycles. The number of hydrogen-bond donors (Lipinski definition) is 1. The molecule has 0 bridgehead atoms. The van der Waals surface area contributed by atoms with Crippen molar-refractivity contribution >= 4 is 5.96 Å². The Bertz CT molecular complexity index is 308. The summed E-state index contributed by atoms with van der Waals surface area (Å²) in [6.07, 6.45) is 6.66. The molecule has 1 atom stereocenters. The van der Waals surface area contributed by atoms with Crippen molar-refractivity contribution in [2.45, 2.75) is 52.0 Å². The highest BCUT2D eigenvalue weighted by molar-refractivity contribution is 5.80. The van der Waals surface area contributed by atoms with E-state index in [4.69, 9.17) is 0 Å². The molecular weight excluding hydrogens is 248 g/mol. The van der Waals surface area contributed by atoms with E-state index in [1.807, 2.05) is 7.05 Å². The van der Waals surface area contributed by atoms with E-state index in [0.717, 1.165) is 31.5 Å². The SMILES string of the molecule is CCN1CCCCC1CNC(=NC)N1CCC(C)CC1. The lowest BCUT2D eigenvalue weighted by Gasteiger charge is -2.37. The lowest BCUT2D eigenvalue weighted by atomic mass is 9.99. The van der Waals surface area contributed by atoms with E-state index < -0.39 is 0 Å². The molecule has 116 valence electrons. The van der Waals surface area contributed by atoms with Crippen LogP contribution >= 0.6 is 0 Å². The van der Waals surface area contributed by atoms with E-state index in [-0.39, 0.29) is 0 Å². The summed E-state index contributed by atoms with van der Waals surface area (Å²) in [7, 11) is 1.92. The Balaban J connectivity index is 1.81. The highest BCUT2D eigenvalue weighted by atomic mass is 15.3. The smallest absolute Gasteiger partial charge is 0.193 e. The summed E-state index contributed by atoms with van der Waals surface area (Å²) in [5.74, 6) is 1.98. The van der Waals surface area contributed by atoms with E-state index in [9.17, 15) is 0 Å². The summed E-state index contributed by atoms with van der Waals surface area (Å²) >= 11 is 0. The fourth-order valence-corrected chi connectivity index (χ4v) is 3.47. The molecule has 0 amide bonds. The largest absolute Gasteiger partial charge is 0.355 e. The molecule has 0 aliphatic carbocycles. The number of nitrogens with zero attached hydrogens (tertiary/aromatic N) is 3. The van der Waals surface area contributed by atoms with Gasteiger partial charge in [0.05, 0.1) is 0 Å². The lowest BCUT2D eigenvalue weighted by molar-refractivity contribution is 0.156. The number of guanidine groups is 1. The van der Waals surface area contributed by atoms with Crippen LogP contribution in [0.5, 0.6) is 0 Å². The first-order chi connectivity index (χ1) is 9.74. The van der Waals surface area contributed by atoms with Gasteiger partial charge in [-0.3, -0.25) is 9.89 Å². The highest BCUT2D eigenvalue weighted by Gasteiger charge is 2.23. The minimum atomic E-state index is 0.689. The summed E-state index contributed by atoms with van der Waals surface area (Å²) in [5, 5.41) is 3.62. The number of rotatable bonds is 3. The van der Waals surface area contributed by atoms with E-state index >= 15 is 0 Å². The molecule has 4 nitrogen and oxygen atoms in total. The second-order valence-electron chi connectivity index (χ2n) is 6.38. The number of piperidine rings is 2. The van der Waals surface area contributed by atoms with Crippen LogP contribution in [0.3, 0.4) is 0 Å². The Morgan fingerprint density at radius 2 is 1.90 bits per heavy atom. The topological polar surface area (TPSA) is 30.9 Å². The molecule has 0 spiro atoms. The number of nitrogens with one attached hydrogen (secondary N) is 1. The van der Waals surface area contributed by atoms with Gasteiger partial charge in [0.25, 0.3) is 0 Å². The molecule has 1 unspecified atom stereocenters. The van der Waals surface area contributed by atoms with Gasteiger partial charge >= 0.3 is 0 Å². The van der Waals surface area contributed by atoms with Crippen LogP contribution in [0.1, 0.15) is 46.0 Å².